The van der Waals surface area contributed by atoms with Gasteiger partial charge in [-0.2, -0.15) is 0 Å². The average Bonchev–Trinajstić information content (AvgIpc) is 3.22. The molecule has 1 amide bonds. The third-order valence-corrected chi connectivity index (χ3v) is 4.57. The highest BCUT2D eigenvalue weighted by Gasteiger charge is 2.15. The summed E-state index contributed by atoms with van der Waals surface area (Å²) in [6.45, 7) is 2.30. The number of benzene rings is 1. The van der Waals surface area contributed by atoms with E-state index in [9.17, 15) is 4.79 Å². The van der Waals surface area contributed by atoms with Crippen LogP contribution in [0.4, 0.5) is 0 Å². The third-order valence-electron chi connectivity index (χ3n) is 3.40. The number of hydrogen-bond donors (Lipinski definition) is 1. The number of ether oxygens (including phenoxy) is 1. The van der Waals surface area contributed by atoms with Gasteiger partial charge in [-0.25, -0.2) is 4.98 Å². The molecule has 0 radical (unpaired) electrons. The Bertz CT molecular complexity index is 809. The second kappa shape index (κ2) is 6.66. The van der Waals surface area contributed by atoms with E-state index in [-0.39, 0.29) is 5.91 Å². The molecule has 5 nitrogen and oxygen atoms in total. The van der Waals surface area contributed by atoms with Crippen molar-refractivity contribution < 1.29 is 9.53 Å². The molecule has 0 aliphatic heterocycles. The zero-order chi connectivity index (χ0) is 16.2. The Kier molecular flexibility index (Phi) is 4.43. The molecule has 0 atom stereocenters. The fourth-order valence-corrected chi connectivity index (χ4v) is 3.16. The van der Waals surface area contributed by atoms with Crippen LogP contribution in [0.1, 0.15) is 20.9 Å². The second-order valence-corrected chi connectivity index (χ2v) is 6.01. The number of hydrogen-bond acceptors (Lipinski definition) is 4. The fraction of sp³-hybridized carbons (Fsp3) is 0.176. The van der Waals surface area contributed by atoms with E-state index in [1.807, 2.05) is 60.3 Å². The number of carbonyl (C=O) groups excluding carboxylic acids is 1. The first-order valence-electron chi connectivity index (χ1n) is 7.19. The quantitative estimate of drug-likeness (QED) is 0.783. The molecule has 0 fully saturated rings. The van der Waals surface area contributed by atoms with Crippen molar-refractivity contribution in [3.05, 3.63) is 64.9 Å². The minimum absolute atomic E-state index is 0.110. The average molecular weight is 327 g/mol. The summed E-state index contributed by atoms with van der Waals surface area (Å²) in [7, 11) is 1.63. The molecular formula is C17H17N3O2S. The molecule has 2 heterocycles. The lowest BCUT2D eigenvalue weighted by Crippen LogP contribution is -2.22. The van der Waals surface area contributed by atoms with E-state index >= 15 is 0 Å². The molecule has 118 valence electrons. The van der Waals surface area contributed by atoms with Crippen LogP contribution in [0.15, 0.2) is 48.8 Å². The van der Waals surface area contributed by atoms with Gasteiger partial charge >= 0.3 is 0 Å². The first kappa shape index (κ1) is 15.3. The van der Waals surface area contributed by atoms with E-state index < -0.39 is 0 Å². The SMILES string of the molecule is COc1cccc(CNC(=O)c2sc(-n3cccc3)nc2C)c1. The maximum atomic E-state index is 12.4. The van der Waals surface area contributed by atoms with Crippen molar-refractivity contribution in [2.45, 2.75) is 13.5 Å². The zero-order valence-corrected chi connectivity index (χ0v) is 13.8. The van der Waals surface area contributed by atoms with Crippen molar-refractivity contribution in [2.75, 3.05) is 7.11 Å². The van der Waals surface area contributed by atoms with Crippen LogP contribution >= 0.6 is 11.3 Å². The molecule has 6 heteroatoms. The van der Waals surface area contributed by atoms with Gasteiger partial charge in [-0.1, -0.05) is 23.5 Å². The predicted molar refractivity (Wildman–Crippen MR) is 90.3 cm³/mol. The lowest BCUT2D eigenvalue weighted by Gasteiger charge is -2.06. The van der Waals surface area contributed by atoms with E-state index in [0.717, 1.165) is 22.1 Å². The van der Waals surface area contributed by atoms with E-state index in [2.05, 4.69) is 10.3 Å². The first-order chi connectivity index (χ1) is 11.2. The van der Waals surface area contributed by atoms with E-state index in [0.29, 0.717) is 11.4 Å². The van der Waals surface area contributed by atoms with Gasteiger partial charge in [0.1, 0.15) is 10.6 Å². The van der Waals surface area contributed by atoms with Crippen LogP contribution in [0, 0.1) is 6.92 Å². The summed E-state index contributed by atoms with van der Waals surface area (Å²) in [5, 5.41) is 3.72. The van der Waals surface area contributed by atoms with Gasteiger partial charge in [0.25, 0.3) is 5.91 Å². The number of rotatable bonds is 5. The van der Waals surface area contributed by atoms with Gasteiger partial charge in [0.15, 0.2) is 5.13 Å². The number of carbonyl (C=O) groups is 1. The summed E-state index contributed by atoms with van der Waals surface area (Å²) in [6.07, 6.45) is 3.83. The Balaban J connectivity index is 1.71. The highest BCUT2D eigenvalue weighted by molar-refractivity contribution is 7.16. The zero-order valence-electron chi connectivity index (χ0n) is 12.9. The molecule has 0 saturated carbocycles. The molecule has 0 bridgehead atoms. The Morgan fingerprint density at radius 3 is 2.83 bits per heavy atom. The lowest BCUT2D eigenvalue weighted by atomic mass is 10.2. The van der Waals surface area contributed by atoms with Crippen molar-refractivity contribution in [2.24, 2.45) is 0 Å². The molecule has 2 aromatic heterocycles. The molecule has 0 aliphatic carbocycles. The van der Waals surface area contributed by atoms with Gasteiger partial charge in [0, 0.05) is 18.9 Å². The van der Waals surface area contributed by atoms with Crippen molar-refractivity contribution in [1.29, 1.82) is 0 Å². The summed E-state index contributed by atoms with van der Waals surface area (Å²) in [4.78, 5) is 17.5. The number of nitrogens with zero attached hydrogens (tertiary/aromatic N) is 2. The molecule has 0 saturated heterocycles. The predicted octanol–water partition coefficient (Wildman–Crippen LogP) is 3.18. The van der Waals surface area contributed by atoms with Crippen molar-refractivity contribution in [3.63, 3.8) is 0 Å². The molecular weight excluding hydrogens is 310 g/mol. The van der Waals surface area contributed by atoms with E-state index in [1.54, 1.807) is 7.11 Å². The summed E-state index contributed by atoms with van der Waals surface area (Å²) < 4.78 is 7.09. The number of nitrogens with one attached hydrogen (secondary N) is 1. The normalized spacial score (nSPS) is 10.5. The van der Waals surface area contributed by atoms with Gasteiger partial charge in [0.05, 0.1) is 12.8 Å². The van der Waals surface area contributed by atoms with Gasteiger partial charge in [-0.05, 0) is 36.8 Å². The molecule has 0 unspecified atom stereocenters. The first-order valence-corrected chi connectivity index (χ1v) is 8.01. The van der Waals surface area contributed by atoms with Crippen molar-refractivity contribution in [1.82, 2.24) is 14.9 Å². The van der Waals surface area contributed by atoms with Crippen molar-refractivity contribution in [3.8, 4) is 10.9 Å². The molecule has 23 heavy (non-hydrogen) atoms. The molecule has 3 aromatic rings. The summed E-state index contributed by atoms with van der Waals surface area (Å²) in [5.41, 5.74) is 1.73. The number of amides is 1. The van der Waals surface area contributed by atoms with Gasteiger partial charge in [-0.15, -0.1) is 0 Å². The number of aromatic nitrogens is 2. The standard InChI is InChI=1S/C17H17N3O2S/c1-12-15(23-17(19-12)20-8-3-4-9-20)16(21)18-11-13-6-5-7-14(10-13)22-2/h3-10H,11H2,1-2H3,(H,18,21). The van der Waals surface area contributed by atoms with Crippen LogP contribution in [-0.2, 0) is 6.54 Å². The van der Waals surface area contributed by atoms with Crippen LogP contribution in [0.3, 0.4) is 0 Å². The Morgan fingerprint density at radius 2 is 2.09 bits per heavy atom. The third kappa shape index (κ3) is 3.43. The summed E-state index contributed by atoms with van der Waals surface area (Å²) >= 11 is 1.38. The van der Waals surface area contributed by atoms with E-state index in [4.69, 9.17) is 4.74 Å². The maximum Gasteiger partial charge on any atom is 0.263 e. The fourth-order valence-electron chi connectivity index (χ4n) is 2.21. The second-order valence-electron chi connectivity index (χ2n) is 5.04. The Hall–Kier alpha value is -2.60. The molecule has 1 aromatic carbocycles. The Labute approximate surface area is 138 Å². The van der Waals surface area contributed by atoms with E-state index in [1.165, 1.54) is 11.3 Å². The minimum atomic E-state index is -0.110. The van der Waals surface area contributed by atoms with Gasteiger partial charge in [0.2, 0.25) is 0 Å². The van der Waals surface area contributed by atoms with Gasteiger partial charge in [-0.3, -0.25) is 4.79 Å². The molecule has 1 N–H and O–H groups in total. The number of methoxy groups -OCH3 is 1. The maximum absolute atomic E-state index is 12.4. The summed E-state index contributed by atoms with van der Waals surface area (Å²) in [6, 6.07) is 11.5. The topological polar surface area (TPSA) is 56.1 Å². The number of thiazole rings is 1. The highest BCUT2D eigenvalue weighted by Crippen LogP contribution is 2.22. The minimum Gasteiger partial charge on any atom is -0.497 e. The summed E-state index contributed by atoms with van der Waals surface area (Å²) in [5.74, 6) is 0.668. The molecule has 0 aliphatic rings. The smallest absolute Gasteiger partial charge is 0.263 e. The monoisotopic (exact) mass is 327 g/mol. The van der Waals surface area contributed by atoms with Crippen LogP contribution in [-0.4, -0.2) is 22.6 Å². The molecule has 0 spiro atoms. The van der Waals surface area contributed by atoms with Gasteiger partial charge < -0.3 is 14.6 Å². The highest BCUT2D eigenvalue weighted by atomic mass is 32.1. The lowest BCUT2D eigenvalue weighted by molar-refractivity contribution is 0.0954. The van der Waals surface area contributed by atoms with Crippen LogP contribution in [0.25, 0.3) is 5.13 Å². The molecule has 3 rings (SSSR count). The van der Waals surface area contributed by atoms with Crippen LogP contribution in [0.5, 0.6) is 5.75 Å². The van der Waals surface area contributed by atoms with Crippen LogP contribution in [0.2, 0.25) is 0 Å². The Morgan fingerprint density at radius 1 is 1.30 bits per heavy atom. The number of aryl methyl sites for hydroxylation is 1. The van der Waals surface area contributed by atoms with Crippen LogP contribution < -0.4 is 10.1 Å². The largest absolute Gasteiger partial charge is 0.497 e. The van der Waals surface area contributed by atoms with Crippen molar-refractivity contribution >= 4 is 17.2 Å².